The van der Waals surface area contributed by atoms with Crippen LogP contribution in [0, 0.1) is 23.7 Å². The van der Waals surface area contributed by atoms with Crippen molar-refractivity contribution < 1.29 is 29.0 Å². The molecule has 1 aliphatic carbocycles. The Morgan fingerprint density at radius 3 is 2.19 bits per heavy atom. The van der Waals surface area contributed by atoms with Crippen molar-refractivity contribution in [1.82, 2.24) is 4.90 Å². The summed E-state index contributed by atoms with van der Waals surface area (Å²) in [6, 6.07) is 31.4. The van der Waals surface area contributed by atoms with Gasteiger partial charge in [0.05, 0.1) is 24.5 Å². The lowest BCUT2D eigenvalue weighted by atomic mass is 9.64. The third-order valence-electron chi connectivity index (χ3n) is 10.5. The lowest BCUT2D eigenvalue weighted by Gasteiger charge is -2.48. The minimum Gasteiger partial charge on any atom is -0.508 e. The van der Waals surface area contributed by atoms with Crippen LogP contribution in [0.15, 0.2) is 102 Å². The molecule has 0 spiro atoms. The standard InChI is InChI=1S/C38H41NO6SSi/c1-37(2,3)47(29-15-6-4-7-16-29,30-17-8-5-9-18-30)44-24-26-21-31-34(36(42)39(35(31)41)23-28-14-11-19-46-28)32-22-33(45-38(26,32)43)25-12-10-13-27(40)20-25/h4-20,26,31-34,40,43H,21-24H2,1-3H3/t26-,31+,32+,33+,34+,38-/m1/s1. The largest absolute Gasteiger partial charge is 0.508 e. The average molecular weight is 668 g/mol. The summed E-state index contributed by atoms with van der Waals surface area (Å²) in [5.41, 5.74) is 0.725. The maximum Gasteiger partial charge on any atom is 0.261 e. The molecule has 2 saturated heterocycles. The fourth-order valence-corrected chi connectivity index (χ4v) is 13.7. The highest BCUT2D eigenvalue weighted by molar-refractivity contribution is 7.09. The first-order valence-corrected chi connectivity index (χ1v) is 19.1. The van der Waals surface area contributed by atoms with Gasteiger partial charge in [-0.05, 0) is 57.4 Å². The molecule has 6 atom stereocenters. The van der Waals surface area contributed by atoms with E-state index in [2.05, 4.69) is 45.0 Å². The lowest BCUT2D eigenvalue weighted by Crippen LogP contribution is -2.67. The smallest absolute Gasteiger partial charge is 0.261 e. The van der Waals surface area contributed by atoms with Crippen LogP contribution in [0.1, 0.15) is 50.2 Å². The van der Waals surface area contributed by atoms with Gasteiger partial charge < -0.3 is 19.4 Å². The predicted octanol–water partition coefficient (Wildman–Crippen LogP) is 5.62. The van der Waals surface area contributed by atoms with Crippen molar-refractivity contribution in [1.29, 1.82) is 0 Å². The number of fused-ring (bicyclic) bond motifs is 3. The van der Waals surface area contributed by atoms with E-state index in [1.165, 1.54) is 16.2 Å². The second-order valence-corrected chi connectivity index (χ2v) is 19.5. The molecule has 0 bridgehead atoms. The number of aromatic hydroxyl groups is 1. The van der Waals surface area contributed by atoms with Gasteiger partial charge in [0.25, 0.3) is 8.32 Å². The molecule has 0 unspecified atom stereocenters. The molecule has 3 heterocycles. The summed E-state index contributed by atoms with van der Waals surface area (Å²) in [7, 11) is -2.98. The highest BCUT2D eigenvalue weighted by atomic mass is 32.1. The molecule has 0 radical (unpaired) electrons. The molecule has 7 nitrogen and oxygen atoms in total. The fourth-order valence-electron chi connectivity index (χ4n) is 8.37. The van der Waals surface area contributed by atoms with Crippen LogP contribution in [0.5, 0.6) is 5.75 Å². The van der Waals surface area contributed by atoms with Crippen LogP contribution in [0.4, 0.5) is 0 Å². The minimum atomic E-state index is -2.98. The quantitative estimate of drug-likeness (QED) is 0.187. The Balaban J connectivity index is 1.28. The van der Waals surface area contributed by atoms with Crippen LogP contribution < -0.4 is 10.4 Å². The summed E-state index contributed by atoms with van der Waals surface area (Å²) in [5.74, 6) is -4.51. The molecule has 2 N–H and O–H groups in total. The van der Waals surface area contributed by atoms with E-state index in [1.54, 1.807) is 18.2 Å². The van der Waals surface area contributed by atoms with Gasteiger partial charge in [0.15, 0.2) is 5.79 Å². The summed E-state index contributed by atoms with van der Waals surface area (Å²) in [5, 5.41) is 26.8. The first-order chi connectivity index (χ1) is 22.5. The number of hydrogen-bond acceptors (Lipinski definition) is 7. The number of imide groups is 1. The zero-order chi connectivity index (χ0) is 33.0. The number of likely N-dealkylation sites (tertiary alicyclic amines) is 1. The Morgan fingerprint density at radius 1 is 0.915 bits per heavy atom. The van der Waals surface area contributed by atoms with Gasteiger partial charge in [-0.2, -0.15) is 0 Å². The van der Waals surface area contributed by atoms with E-state index in [9.17, 15) is 19.8 Å². The van der Waals surface area contributed by atoms with Crippen molar-refractivity contribution in [2.75, 3.05) is 6.61 Å². The van der Waals surface area contributed by atoms with E-state index < -0.39 is 43.9 Å². The Bertz CT molecular complexity index is 1700. The molecule has 244 valence electrons. The normalized spacial score (nSPS) is 27.6. The van der Waals surface area contributed by atoms with E-state index in [0.717, 1.165) is 20.8 Å². The Kier molecular flexibility index (Phi) is 8.25. The number of amides is 2. The highest BCUT2D eigenvalue weighted by Crippen LogP contribution is 2.58. The van der Waals surface area contributed by atoms with Crippen molar-refractivity contribution in [3.8, 4) is 5.75 Å². The van der Waals surface area contributed by atoms with Gasteiger partial charge in [-0.25, -0.2) is 0 Å². The summed E-state index contributed by atoms with van der Waals surface area (Å²) in [6.45, 7) is 7.01. The van der Waals surface area contributed by atoms with Gasteiger partial charge in [-0.1, -0.05) is 99.6 Å². The summed E-state index contributed by atoms with van der Waals surface area (Å²) in [6.07, 6.45) is 0.0667. The van der Waals surface area contributed by atoms with Gasteiger partial charge in [0.2, 0.25) is 11.8 Å². The van der Waals surface area contributed by atoms with Crippen molar-refractivity contribution in [2.24, 2.45) is 23.7 Å². The first-order valence-electron chi connectivity index (χ1n) is 16.3. The minimum absolute atomic E-state index is 0.103. The Morgan fingerprint density at radius 2 is 1.60 bits per heavy atom. The van der Waals surface area contributed by atoms with Crippen LogP contribution in [-0.4, -0.2) is 47.6 Å². The maximum atomic E-state index is 14.1. The number of benzene rings is 3. The van der Waals surface area contributed by atoms with E-state index in [4.69, 9.17) is 9.16 Å². The molecular formula is C38H41NO6SSi. The van der Waals surface area contributed by atoms with Gasteiger partial charge >= 0.3 is 0 Å². The number of carbonyl (C=O) groups is 2. The monoisotopic (exact) mass is 667 g/mol. The highest BCUT2D eigenvalue weighted by Gasteiger charge is 2.67. The molecule has 1 saturated carbocycles. The number of hydrogen-bond donors (Lipinski definition) is 2. The average Bonchev–Trinajstić information content (AvgIpc) is 3.76. The predicted molar refractivity (Wildman–Crippen MR) is 184 cm³/mol. The zero-order valence-electron chi connectivity index (χ0n) is 26.9. The second kappa shape index (κ2) is 12.1. The fraction of sp³-hybridized carbons (Fsp3) is 0.368. The number of nitrogens with zero attached hydrogens (tertiary/aromatic N) is 1. The molecule has 7 rings (SSSR count). The molecule has 4 aromatic rings. The molecule has 47 heavy (non-hydrogen) atoms. The second-order valence-electron chi connectivity index (χ2n) is 14.2. The van der Waals surface area contributed by atoms with Crippen LogP contribution in [0.3, 0.4) is 0 Å². The van der Waals surface area contributed by atoms with Gasteiger partial charge in [-0.3, -0.25) is 14.5 Å². The van der Waals surface area contributed by atoms with Crippen molar-refractivity contribution in [3.05, 3.63) is 113 Å². The first kappa shape index (κ1) is 32.0. The van der Waals surface area contributed by atoms with E-state index >= 15 is 0 Å². The molecule has 3 fully saturated rings. The number of aliphatic hydroxyl groups is 1. The van der Waals surface area contributed by atoms with Crippen molar-refractivity contribution >= 4 is 41.8 Å². The lowest BCUT2D eigenvalue weighted by molar-refractivity contribution is -0.273. The van der Waals surface area contributed by atoms with Crippen LogP contribution in [0.25, 0.3) is 0 Å². The molecule has 3 aliphatic rings. The summed E-state index contributed by atoms with van der Waals surface area (Å²) >= 11 is 1.52. The van der Waals surface area contributed by atoms with Crippen molar-refractivity contribution in [2.45, 2.75) is 57.1 Å². The third kappa shape index (κ3) is 5.38. The van der Waals surface area contributed by atoms with E-state index in [0.29, 0.717) is 6.42 Å². The summed E-state index contributed by atoms with van der Waals surface area (Å²) in [4.78, 5) is 30.4. The van der Waals surface area contributed by atoms with Crippen LogP contribution in [-0.2, 0) is 25.3 Å². The maximum absolute atomic E-state index is 14.1. The van der Waals surface area contributed by atoms with Gasteiger partial charge in [0.1, 0.15) is 5.75 Å². The number of carbonyl (C=O) groups excluding carboxylic acids is 2. The topological polar surface area (TPSA) is 96.3 Å². The third-order valence-corrected chi connectivity index (χ3v) is 16.4. The number of ether oxygens (including phenoxy) is 1. The van der Waals surface area contributed by atoms with E-state index in [-0.39, 0.29) is 42.2 Å². The van der Waals surface area contributed by atoms with Gasteiger partial charge in [0, 0.05) is 23.3 Å². The molecule has 9 heteroatoms. The molecule has 3 aromatic carbocycles. The van der Waals surface area contributed by atoms with E-state index in [1.807, 2.05) is 60.0 Å². The number of rotatable bonds is 8. The molecular weight excluding hydrogens is 627 g/mol. The van der Waals surface area contributed by atoms with Crippen LogP contribution in [0.2, 0.25) is 5.04 Å². The SMILES string of the molecule is CC(C)(C)[Si](OC[C@H]1C[C@@H]2C(=O)N(Cc3cccs3)C(=O)[C@@H]2[C@@H]2C[C@@H](c3cccc(O)c3)O[C@]12O)(c1ccccc1)c1ccccc1. The Labute approximate surface area is 280 Å². The van der Waals surface area contributed by atoms with Crippen molar-refractivity contribution in [3.63, 3.8) is 0 Å². The number of phenols is 1. The Hall–Kier alpha value is -3.60. The molecule has 2 amide bonds. The molecule has 1 aromatic heterocycles. The van der Waals surface area contributed by atoms with Crippen LogP contribution >= 0.6 is 11.3 Å². The van der Waals surface area contributed by atoms with Gasteiger partial charge in [-0.15, -0.1) is 11.3 Å². The number of phenolic OH excluding ortho intramolecular Hbond substituents is 1. The summed E-state index contributed by atoms with van der Waals surface area (Å²) < 4.78 is 13.9. The zero-order valence-corrected chi connectivity index (χ0v) is 28.7. The molecule has 2 aliphatic heterocycles. The number of thiophene rings is 1.